The maximum atomic E-state index is 12.9. The highest BCUT2D eigenvalue weighted by Crippen LogP contribution is 2.56. The number of ether oxygens (including phenoxy) is 2. The molecule has 138 valence electrons. The molecule has 0 amide bonds. The Labute approximate surface area is 153 Å². The van der Waals surface area contributed by atoms with Gasteiger partial charge in [0, 0.05) is 30.1 Å². The van der Waals surface area contributed by atoms with Gasteiger partial charge >= 0.3 is 11.9 Å². The largest absolute Gasteiger partial charge is 0.468 e. The third-order valence-electron chi connectivity index (χ3n) is 6.59. The van der Waals surface area contributed by atoms with Crippen LogP contribution in [0.5, 0.6) is 0 Å². The molecule has 2 aromatic rings. The van der Waals surface area contributed by atoms with E-state index in [1.54, 1.807) is 0 Å². The Morgan fingerprint density at radius 3 is 2.42 bits per heavy atom. The fraction of sp³-hybridized carbons (Fsp3) is 0.524. The second-order valence-corrected chi connectivity index (χ2v) is 7.57. The maximum Gasteiger partial charge on any atom is 0.323 e. The van der Waals surface area contributed by atoms with Crippen LogP contribution in [0.15, 0.2) is 24.3 Å². The van der Waals surface area contributed by atoms with Gasteiger partial charge in [-0.3, -0.25) is 9.59 Å². The Bertz CT molecular complexity index is 866. The second kappa shape index (κ2) is 6.15. The SMILES string of the molecule is COC(=O)C1(C(=O)OC)Cc2c(c3ccccc3n2C)[C@H]2CCCC[C@H]21. The lowest BCUT2D eigenvalue weighted by Crippen LogP contribution is -2.54. The minimum Gasteiger partial charge on any atom is -0.468 e. The molecule has 0 N–H and O–H groups in total. The van der Waals surface area contributed by atoms with E-state index in [9.17, 15) is 9.59 Å². The molecule has 1 aromatic heterocycles. The van der Waals surface area contributed by atoms with Crippen molar-refractivity contribution >= 4 is 22.8 Å². The van der Waals surface area contributed by atoms with Crippen LogP contribution in [-0.2, 0) is 32.5 Å². The number of hydrogen-bond acceptors (Lipinski definition) is 4. The van der Waals surface area contributed by atoms with E-state index in [0.717, 1.165) is 36.9 Å². The van der Waals surface area contributed by atoms with E-state index >= 15 is 0 Å². The molecule has 0 aliphatic heterocycles. The van der Waals surface area contributed by atoms with Crippen molar-refractivity contribution in [2.24, 2.45) is 18.4 Å². The standard InChI is InChI=1S/C21H25NO4/c1-22-16-11-7-5-9-14(16)18-13-8-4-6-10-15(13)21(12-17(18)22,19(23)25-2)20(24)26-3/h5,7,9,11,13,15H,4,6,8,10,12H2,1-3H3/t13-,15+/m0/s1. The first kappa shape index (κ1) is 17.1. The van der Waals surface area contributed by atoms with Gasteiger partial charge in [0.15, 0.2) is 5.41 Å². The van der Waals surface area contributed by atoms with E-state index in [2.05, 4.69) is 22.8 Å². The van der Waals surface area contributed by atoms with E-state index in [1.165, 1.54) is 25.2 Å². The molecule has 1 aromatic carbocycles. The molecule has 1 fully saturated rings. The van der Waals surface area contributed by atoms with Crippen LogP contribution in [0.3, 0.4) is 0 Å². The molecule has 0 spiro atoms. The Morgan fingerprint density at radius 1 is 1.08 bits per heavy atom. The topological polar surface area (TPSA) is 57.5 Å². The molecule has 5 heteroatoms. The number of benzene rings is 1. The van der Waals surface area contributed by atoms with Gasteiger partial charge in [-0.15, -0.1) is 0 Å². The number of esters is 2. The van der Waals surface area contributed by atoms with Crippen molar-refractivity contribution in [3.63, 3.8) is 0 Å². The fourth-order valence-corrected chi connectivity index (χ4v) is 5.46. The number of rotatable bonds is 2. The van der Waals surface area contributed by atoms with Gasteiger partial charge in [-0.2, -0.15) is 0 Å². The normalized spacial score (nSPS) is 23.8. The predicted molar refractivity (Wildman–Crippen MR) is 97.8 cm³/mol. The molecule has 26 heavy (non-hydrogen) atoms. The average molecular weight is 355 g/mol. The maximum absolute atomic E-state index is 12.9. The zero-order chi connectivity index (χ0) is 18.5. The number of nitrogens with zero attached hydrogens (tertiary/aromatic N) is 1. The van der Waals surface area contributed by atoms with Gasteiger partial charge in [0.05, 0.1) is 14.2 Å². The molecule has 0 radical (unpaired) electrons. The molecular formula is C21H25NO4. The smallest absolute Gasteiger partial charge is 0.323 e. The molecule has 5 nitrogen and oxygen atoms in total. The Kier molecular flexibility index (Phi) is 4.05. The molecule has 1 heterocycles. The number of fused-ring (bicyclic) bond motifs is 5. The lowest BCUT2D eigenvalue weighted by Gasteiger charge is -2.46. The number of methoxy groups -OCH3 is 2. The van der Waals surface area contributed by atoms with Crippen LogP contribution >= 0.6 is 0 Å². The van der Waals surface area contributed by atoms with Gasteiger partial charge < -0.3 is 14.0 Å². The van der Waals surface area contributed by atoms with Crippen LogP contribution in [-0.4, -0.2) is 30.7 Å². The van der Waals surface area contributed by atoms with E-state index in [4.69, 9.17) is 9.47 Å². The van der Waals surface area contributed by atoms with Crippen molar-refractivity contribution in [1.29, 1.82) is 0 Å². The lowest BCUT2D eigenvalue weighted by atomic mass is 9.56. The lowest BCUT2D eigenvalue weighted by molar-refractivity contribution is -0.176. The zero-order valence-corrected chi connectivity index (χ0v) is 15.6. The van der Waals surface area contributed by atoms with Crippen molar-refractivity contribution in [3.8, 4) is 0 Å². The number of aromatic nitrogens is 1. The van der Waals surface area contributed by atoms with Crippen LogP contribution < -0.4 is 0 Å². The fourth-order valence-electron chi connectivity index (χ4n) is 5.46. The summed E-state index contributed by atoms with van der Waals surface area (Å²) >= 11 is 0. The Hall–Kier alpha value is -2.30. The third-order valence-corrected chi connectivity index (χ3v) is 6.59. The zero-order valence-electron chi connectivity index (χ0n) is 15.6. The van der Waals surface area contributed by atoms with Crippen LogP contribution in [0.4, 0.5) is 0 Å². The summed E-state index contributed by atoms with van der Waals surface area (Å²) in [7, 11) is 4.74. The van der Waals surface area contributed by atoms with Crippen molar-refractivity contribution in [1.82, 2.24) is 4.57 Å². The molecular weight excluding hydrogens is 330 g/mol. The quantitative estimate of drug-likeness (QED) is 0.612. The first-order valence-corrected chi connectivity index (χ1v) is 9.29. The summed E-state index contributed by atoms with van der Waals surface area (Å²) in [4.78, 5) is 25.9. The first-order chi connectivity index (χ1) is 12.6. The molecule has 2 atom stereocenters. The summed E-state index contributed by atoms with van der Waals surface area (Å²) in [5.41, 5.74) is 2.28. The molecule has 0 bridgehead atoms. The second-order valence-electron chi connectivity index (χ2n) is 7.57. The summed E-state index contributed by atoms with van der Waals surface area (Å²) in [5, 5.41) is 1.24. The monoisotopic (exact) mass is 355 g/mol. The van der Waals surface area contributed by atoms with Crippen molar-refractivity contribution in [3.05, 3.63) is 35.5 Å². The van der Waals surface area contributed by atoms with Gasteiger partial charge in [0.2, 0.25) is 0 Å². The number of carbonyl (C=O) groups excluding carboxylic acids is 2. The molecule has 2 aliphatic carbocycles. The van der Waals surface area contributed by atoms with Crippen molar-refractivity contribution in [2.45, 2.75) is 38.0 Å². The van der Waals surface area contributed by atoms with Gasteiger partial charge in [-0.25, -0.2) is 0 Å². The van der Waals surface area contributed by atoms with Gasteiger partial charge in [0.1, 0.15) is 0 Å². The summed E-state index contributed by atoms with van der Waals surface area (Å²) < 4.78 is 12.4. The van der Waals surface area contributed by atoms with Crippen LogP contribution in [0.25, 0.3) is 10.9 Å². The minimum absolute atomic E-state index is 0.0746. The predicted octanol–water partition coefficient (Wildman–Crippen LogP) is 3.34. The van der Waals surface area contributed by atoms with E-state index < -0.39 is 17.4 Å². The Balaban J connectivity index is 2.01. The third kappa shape index (κ3) is 2.09. The van der Waals surface area contributed by atoms with Crippen molar-refractivity contribution < 1.29 is 19.1 Å². The molecule has 2 aliphatic rings. The first-order valence-electron chi connectivity index (χ1n) is 9.29. The van der Waals surface area contributed by atoms with Gasteiger partial charge in [0.25, 0.3) is 0 Å². The number of para-hydroxylation sites is 1. The van der Waals surface area contributed by atoms with Crippen molar-refractivity contribution in [2.75, 3.05) is 14.2 Å². The minimum atomic E-state index is -1.25. The van der Waals surface area contributed by atoms with Crippen LogP contribution in [0, 0.1) is 11.3 Å². The summed E-state index contributed by atoms with van der Waals surface area (Å²) in [5.74, 6) is -0.819. The summed E-state index contributed by atoms with van der Waals surface area (Å²) in [6, 6.07) is 8.34. The van der Waals surface area contributed by atoms with Gasteiger partial charge in [-0.05, 0) is 36.3 Å². The highest BCUT2D eigenvalue weighted by Gasteiger charge is 2.60. The molecule has 0 unspecified atom stereocenters. The highest BCUT2D eigenvalue weighted by atomic mass is 16.5. The van der Waals surface area contributed by atoms with E-state index in [0.29, 0.717) is 6.42 Å². The summed E-state index contributed by atoms with van der Waals surface area (Å²) in [6.07, 6.45) is 4.31. The Morgan fingerprint density at radius 2 is 1.73 bits per heavy atom. The van der Waals surface area contributed by atoms with Crippen LogP contribution in [0.2, 0.25) is 0 Å². The number of carbonyl (C=O) groups is 2. The molecule has 4 rings (SSSR count). The van der Waals surface area contributed by atoms with Crippen LogP contribution in [0.1, 0.15) is 42.9 Å². The average Bonchev–Trinajstić information content (AvgIpc) is 2.98. The van der Waals surface area contributed by atoms with Gasteiger partial charge in [-0.1, -0.05) is 31.0 Å². The molecule has 1 saturated carbocycles. The molecule has 0 saturated heterocycles. The van der Waals surface area contributed by atoms with E-state index in [-0.39, 0.29) is 11.8 Å². The highest BCUT2D eigenvalue weighted by molar-refractivity contribution is 6.02. The summed E-state index contributed by atoms with van der Waals surface area (Å²) in [6.45, 7) is 0. The van der Waals surface area contributed by atoms with E-state index in [1.807, 2.05) is 13.1 Å². The number of hydrogen-bond donors (Lipinski definition) is 0. The number of aryl methyl sites for hydroxylation is 1.